The second-order valence-corrected chi connectivity index (χ2v) is 11.3. The van der Waals surface area contributed by atoms with Crippen LogP contribution in [-0.4, -0.2) is 85.6 Å². The van der Waals surface area contributed by atoms with E-state index >= 15 is 0 Å². The lowest BCUT2D eigenvalue weighted by Crippen LogP contribution is -2.30. The molecule has 0 aliphatic heterocycles. The molecular formula is C31H40N10O3. The summed E-state index contributed by atoms with van der Waals surface area (Å²) in [6, 6.07) is 8.76. The molecule has 0 unspecified atom stereocenters. The summed E-state index contributed by atoms with van der Waals surface area (Å²) in [6.07, 6.45) is 9.70. The molecule has 4 aromatic heterocycles. The molecule has 4 heterocycles. The number of aromatic nitrogens is 8. The number of anilines is 2. The van der Waals surface area contributed by atoms with Crippen LogP contribution in [0.15, 0.2) is 61.6 Å². The summed E-state index contributed by atoms with van der Waals surface area (Å²) >= 11 is 0. The highest BCUT2D eigenvalue weighted by molar-refractivity contribution is 5.84. The van der Waals surface area contributed by atoms with Gasteiger partial charge in [0.25, 0.3) is 0 Å². The maximum Gasteiger partial charge on any atom is 0.226 e. The molecule has 1 aliphatic carbocycles. The van der Waals surface area contributed by atoms with Crippen molar-refractivity contribution in [2.45, 2.75) is 76.4 Å². The maximum absolute atomic E-state index is 11.2. The van der Waals surface area contributed by atoms with Crippen molar-refractivity contribution in [1.82, 2.24) is 38.9 Å². The molecule has 5 N–H and O–H groups in total. The molecule has 0 saturated heterocycles. The van der Waals surface area contributed by atoms with Crippen LogP contribution >= 0.6 is 0 Å². The van der Waals surface area contributed by atoms with E-state index in [4.69, 9.17) is 9.97 Å². The Kier molecular flexibility index (Phi) is 8.87. The van der Waals surface area contributed by atoms with Crippen molar-refractivity contribution in [2.24, 2.45) is 0 Å². The Morgan fingerprint density at radius 1 is 0.977 bits per heavy atom. The predicted octanol–water partition coefficient (Wildman–Crippen LogP) is 2.38. The van der Waals surface area contributed by atoms with Gasteiger partial charge in [-0.05, 0) is 37.3 Å². The number of benzene rings is 1. The van der Waals surface area contributed by atoms with Crippen LogP contribution in [0.25, 0.3) is 11.2 Å². The Morgan fingerprint density at radius 2 is 1.80 bits per heavy atom. The molecule has 1 fully saturated rings. The lowest BCUT2D eigenvalue weighted by Gasteiger charge is -2.20. The van der Waals surface area contributed by atoms with Gasteiger partial charge >= 0.3 is 0 Å². The second-order valence-electron chi connectivity index (χ2n) is 11.3. The van der Waals surface area contributed by atoms with Gasteiger partial charge in [-0.2, -0.15) is 15.1 Å². The van der Waals surface area contributed by atoms with E-state index in [-0.39, 0.29) is 12.6 Å². The van der Waals surface area contributed by atoms with Crippen molar-refractivity contribution in [3.8, 4) is 0 Å². The molecule has 0 amide bonds. The number of rotatable bonds is 13. The number of aryl methyl sites for hydroxylation is 2. The Morgan fingerprint density at radius 3 is 2.52 bits per heavy atom. The van der Waals surface area contributed by atoms with Crippen molar-refractivity contribution in [3.63, 3.8) is 0 Å². The summed E-state index contributed by atoms with van der Waals surface area (Å²) in [5, 5.41) is 43.7. The quantitative estimate of drug-likeness (QED) is 0.136. The second kappa shape index (κ2) is 13.1. The molecule has 44 heavy (non-hydrogen) atoms. The van der Waals surface area contributed by atoms with E-state index in [1.807, 2.05) is 58.2 Å². The monoisotopic (exact) mass is 600 g/mol. The highest BCUT2D eigenvalue weighted by Crippen LogP contribution is 2.40. The number of imidazole rings is 2. The third-order valence-electron chi connectivity index (χ3n) is 8.41. The van der Waals surface area contributed by atoms with E-state index in [2.05, 4.69) is 39.5 Å². The minimum atomic E-state index is -1.05. The lowest BCUT2D eigenvalue weighted by molar-refractivity contribution is 0.00721. The molecule has 1 aromatic carbocycles. The number of nitrogens with one attached hydrogen (secondary N) is 2. The summed E-state index contributed by atoms with van der Waals surface area (Å²) in [6.45, 7) is 5.43. The largest absolute Gasteiger partial charge is 0.394 e. The zero-order chi connectivity index (χ0) is 30.6. The highest BCUT2D eigenvalue weighted by atomic mass is 16.3. The van der Waals surface area contributed by atoms with Crippen LogP contribution in [0, 0.1) is 0 Å². The van der Waals surface area contributed by atoms with Crippen LogP contribution in [0.5, 0.6) is 0 Å². The van der Waals surface area contributed by atoms with Crippen molar-refractivity contribution in [2.75, 3.05) is 23.8 Å². The Labute approximate surface area is 255 Å². The first kappa shape index (κ1) is 29.7. The fraction of sp³-hybridized carbons (Fsp3) is 0.452. The third kappa shape index (κ3) is 6.16. The van der Waals surface area contributed by atoms with Gasteiger partial charge in [-0.15, -0.1) is 0 Å². The molecule has 13 nitrogen and oxygen atoms in total. The molecule has 0 bridgehead atoms. The smallest absolute Gasteiger partial charge is 0.226 e. The van der Waals surface area contributed by atoms with Gasteiger partial charge < -0.3 is 35.1 Å². The Balaban J connectivity index is 1.30. The number of aliphatic hydroxyl groups is 3. The average Bonchev–Trinajstić information content (AvgIpc) is 3.85. The molecule has 1 saturated carbocycles. The molecule has 5 atom stereocenters. The average molecular weight is 601 g/mol. The van der Waals surface area contributed by atoms with Gasteiger partial charge in [0.05, 0.1) is 49.3 Å². The van der Waals surface area contributed by atoms with E-state index in [0.717, 1.165) is 29.8 Å². The molecule has 6 rings (SSSR count). The van der Waals surface area contributed by atoms with Crippen molar-refractivity contribution < 1.29 is 15.3 Å². The SMILES string of the molecule is CCc1cnn([C@H]2C[C@@H](n3cnc4c(N[C@H](CO)Cc5ccccc5)nc(NCCc5cn(CC)cn5)nc43)[C@H](O)[C@@H]2O)c1. The van der Waals surface area contributed by atoms with Crippen LogP contribution < -0.4 is 10.6 Å². The molecule has 0 radical (unpaired) electrons. The highest BCUT2D eigenvalue weighted by Gasteiger charge is 2.44. The summed E-state index contributed by atoms with van der Waals surface area (Å²) in [5.74, 6) is 0.864. The minimum Gasteiger partial charge on any atom is -0.394 e. The normalized spacial score (nSPS) is 20.8. The van der Waals surface area contributed by atoms with Gasteiger partial charge in [0.1, 0.15) is 12.2 Å². The van der Waals surface area contributed by atoms with Crippen LogP contribution in [0.4, 0.5) is 11.8 Å². The van der Waals surface area contributed by atoms with Gasteiger partial charge in [-0.25, -0.2) is 9.97 Å². The molecule has 5 aromatic rings. The van der Waals surface area contributed by atoms with Gasteiger partial charge in [-0.3, -0.25) is 4.68 Å². The minimum absolute atomic E-state index is 0.108. The first-order valence-electron chi connectivity index (χ1n) is 15.3. The molecule has 13 heteroatoms. The van der Waals surface area contributed by atoms with Crippen LogP contribution in [0.1, 0.15) is 49.2 Å². The third-order valence-corrected chi connectivity index (χ3v) is 8.41. The summed E-state index contributed by atoms with van der Waals surface area (Å²) in [5.41, 5.74) is 4.15. The maximum atomic E-state index is 11.2. The van der Waals surface area contributed by atoms with E-state index in [0.29, 0.717) is 48.7 Å². The molecule has 1 aliphatic rings. The first-order valence-corrected chi connectivity index (χ1v) is 15.3. The van der Waals surface area contributed by atoms with Gasteiger partial charge in [-0.1, -0.05) is 37.3 Å². The molecule has 232 valence electrons. The first-order chi connectivity index (χ1) is 21.5. The fourth-order valence-corrected chi connectivity index (χ4v) is 5.87. The van der Waals surface area contributed by atoms with Crippen molar-refractivity contribution >= 4 is 22.9 Å². The van der Waals surface area contributed by atoms with Crippen LogP contribution in [0.3, 0.4) is 0 Å². The number of hydrogen-bond acceptors (Lipinski definition) is 10. The Bertz CT molecular complexity index is 1670. The zero-order valence-corrected chi connectivity index (χ0v) is 25.0. The predicted molar refractivity (Wildman–Crippen MR) is 166 cm³/mol. The summed E-state index contributed by atoms with van der Waals surface area (Å²) in [7, 11) is 0. The topological polar surface area (TPSA) is 164 Å². The van der Waals surface area contributed by atoms with Crippen molar-refractivity contribution in [3.05, 3.63) is 78.4 Å². The number of aliphatic hydroxyl groups excluding tert-OH is 3. The van der Waals surface area contributed by atoms with E-state index in [1.165, 1.54) is 0 Å². The standard InChI is InChI=1S/C31H40N10O3/c1-3-20-14-35-41(15-20)25-13-24(27(43)28(25)44)40-19-34-26-29(36-23(17-42)12-21-8-6-5-7-9-21)37-31(38-30(26)40)32-11-10-22-16-39(4-2)18-33-22/h5-9,14-16,18-19,23-25,27-28,42-44H,3-4,10-13,17H2,1-2H3,(H2,32,36,37,38)/t23-,24+,25-,27-,28+/m0/s1. The fourth-order valence-electron chi connectivity index (χ4n) is 5.87. The van der Waals surface area contributed by atoms with Crippen LogP contribution in [0.2, 0.25) is 0 Å². The van der Waals surface area contributed by atoms with E-state index < -0.39 is 24.3 Å². The number of fused-ring (bicyclic) bond motifs is 1. The van der Waals surface area contributed by atoms with Crippen molar-refractivity contribution in [1.29, 1.82) is 0 Å². The zero-order valence-electron chi connectivity index (χ0n) is 25.0. The van der Waals surface area contributed by atoms with Gasteiger partial charge in [0.2, 0.25) is 5.95 Å². The molecular weight excluding hydrogens is 560 g/mol. The van der Waals surface area contributed by atoms with Gasteiger partial charge in [0.15, 0.2) is 17.0 Å². The van der Waals surface area contributed by atoms with E-state index in [1.54, 1.807) is 17.2 Å². The summed E-state index contributed by atoms with van der Waals surface area (Å²) in [4.78, 5) is 18.7. The number of nitrogens with zero attached hydrogens (tertiary/aromatic N) is 8. The van der Waals surface area contributed by atoms with E-state index in [9.17, 15) is 15.3 Å². The van der Waals surface area contributed by atoms with Gasteiger partial charge in [0, 0.05) is 31.9 Å². The van der Waals surface area contributed by atoms with Crippen LogP contribution in [-0.2, 0) is 25.8 Å². The number of hydrogen-bond donors (Lipinski definition) is 5. The molecule has 0 spiro atoms. The summed E-state index contributed by atoms with van der Waals surface area (Å²) < 4.78 is 5.59. The Hall–Kier alpha value is -4.33. The lowest BCUT2D eigenvalue weighted by atomic mass is 10.1.